The van der Waals surface area contributed by atoms with E-state index in [-0.39, 0.29) is 5.97 Å². The molecule has 0 radical (unpaired) electrons. The highest BCUT2D eigenvalue weighted by Gasteiger charge is 2.08. The number of esters is 1. The first-order valence-electron chi connectivity index (χ1n) is 5.55. The van der Waals surface area contributed by atoms with E-state index >= 15 is 0 Å². The zero-order valence-corrected chi connectivity index (χ0v) is 13.1. The van der Waals surface area contributed by atoms with Gasteiger partial charge in [0.1, 0.15) is 5.69 Å². The number of benzene rings is 1. The Morgan fingerprint density at radius 1 is 1.42 bits per heavy atom. The van der Waals surface area contributed by atoms with Crippen molar-refractivity contribution < 1.29 is 9.53 Å². The van der Waals surface area contributed by atoms with Crippen LogP contribution in [0.4, 0.5) is 5.69 Å². The minimum absolute atomic E-state index is 0.368. The van der Waals surface area contributed by atoms with E-state index in [2.05, 4.69) is 37.6 Å². The Labute approximate surface area is 129 Å². The number of ether oxygens (including phenoxy) is 1. The fourth-order valence-electron chi connectivity index (χ4n) is 1.60. The van der Waals surface area contributed by atoms with Crippen LogP contribution in [0.25, 0.3) is 0 Å². The lowest BCUT2D eigenvalue weighted by molar-refractivity contribution is 0.0594. The number of carbonyl (C=O) groups excluding carboxylic acids is 1. The molecule has 0 bridgehead atoms. The highest BCUT2D eigenvalue weighted by Crippen LogP contribution is 2.22. The Morgan fingerprint density at radius 2 is 2.21 bits per heavy atom. The maximum atomic E-state index is 11.3. The lowest BCUT2D eigenvalue weighted by Gasteiger charge is -2.07. The second-order valence-corrected chi connectivity index (χ2v) is 5.47. The van der Waals surface area contributed by atoms with Crippen molar-refractivity contribution in [2.75, 3.05) is 12.4 Å². The van der Waals surface area contributed by atoms with Crippen LogP contribution >= 0.6 is 34.2 Å². The molecule has 6 heteroatoms. The molecule has 2 aromatic rings. The second-order valence-electron chi connectivity index (χ2n) is 3.87. The first-order valence-corrected chi connectivity index (χ1v) is 7.01. The van der Waals surface area contributed by atoms with E-state index < -0.39 is 0 Å². The minimum atomic E-state index is -0.368. The molecule has 0 aliphatic rings. The van der Waals surface area contributed by atoms with Gasteiger partial charge in [-0.05, 0) is 52.9 Å². The molecule has 4 nitrogen and oxygen atoms in total. The van der Waals surface area contributed by atoms with E-state index in [1.54, 1.807) is 6.07 Å². The molecule has 19 heavy (non-hydrogen) atoms. The topological polar surface area (TPSA) is 54.1 Å². The molecule has 0 fully saturated rings. The van der Waals surface area contributed by atoms with E-state index in [0.717, 1.165) is 15.0 Å². The normalized spacial score (nSPS) is 10.3. The van der Waals surface area contributed by atoms with Gasteiger partial charge in [0, 0.05) is 20.0 Å². The average Bonchev–Trinajstić information content (AvgIpc) is 2.85. The Hall–Kier alpha value is -1.21. The number of nitrogens with one attached hydrogen (secondary N) is 2. The molecule has 100 valence electrons. The molecule has 0 saturated heterocycles. The first kappa shape index (κ1) is 14.2. The van der Waals surface area contributed by atoms with Gasteiger partial charge in [-0.25, -0.2) is 4.79 Å². The van der Waals surface area contributed by atoms with Crippen molar-refractivity contribution in [2.24, 2.45) is 0 Å². The van der Waals surface area contributed by atoms with Crippen LogP contribution in [0.15, 0.2) is 30.3 Å². The van der Waals surface area contributed by atoms with Gasteiger partial charge in [0.2, 0.25) is 0 Å². The van der Waals surface area contributed by atoms with Crippen LogP contribution in [0.2, 0.25) is 5.02 Å². The molecule has 0 spiro atoms. The Balaban J connectivity index is 2.02. The predicted octanol–water partition coefficient (Wildman–Crippen LogP) is 3.67. The smallest absolute Gasteiger partial charge is 0.354 e. The second kappa shape index (κ2) is 6.29. The number of rotatable bonds is 4. The number of H-pyrrole nitrogens is 1. The number of aromatic amines is 1. The lowest BCUT2D eigenvalue weighted by Crippen LogP contribution is -2.04. The summed E-state index contributed by atoms with van der Waals surface area (Å²) in [6, 6.07) is 9.20. The van der Waals surface area contributed by atoms with Crippen LogP contribution in [0.3, 0.4) is 0 Å². The number of methoxy groups -OCH3 is 1. The van der Waals surface area contributed by atoms with Crippen molar-refractivity contribution in [3.63, 3.8) is 0 Å². The van der Waals surface area contributed by atoms with Gasteiger partial charge in [0.25, 0.3) is 0 Å². The minimum Gasteiger partial charge on any atom is -0.464 e. The van der Waals surface area contributed by atoms with E-state index in [1.165, 1.54) is 7.11 Å². The molecule has 0 saturated carbocycles. The van der Waals surface area contributed by atoms with Crippen molar-refractivity contribution >= 4 is 45.8 Å². The van der Waals surface area contributed by atoms with Gasteiger partial charge < -0.3 is 15.0 Å². The maximum Gasteiger partial charge on any atom is 0.354 e. The number of hydrogen-bond acceptors (Lipinski definition) is 3. The first-order chi connectivity index (χ1) is 9.10. The highest BCUT2D eigenvalue weighted by atomic mass is 127. The van der Waals surface area contributed by atoms with Crippen LogP contribution in [0, 0.1) is 3.57 Å². The molecular weight excluding hydrogens is 379 g/mol. The molecule has 2 N–H and O–H groups in total. The molecule has 0 amide bonds. The van der Waals surface area contributed by atoms with Gasteiger partial charge in [-0.1, -0.05) is 11.6 Å². The standard InChI is InChI=1S/C13H12ClIN2O2/c1-19-13(18)12-5-3-9(17-12)7-16-11-4-2-8(14)6-10(11)15/h2-6,16-17H,7H2,1H3. The third kappa shape index (κ3) is 3.63. The van der Waals surface area contributed by atoms with E-state index in [4.69, 9.17) is 11.6 Å². The van der Waals surface area contributed by atoms with Crippen LogP contribution in [0.1, 0.15) is 16.2 Å². The number of anilines is 1. The third-order valence-electron chi connectivity index (χ3n) is 2.55. The predicted molar refractivity (Wildman–Crippen MR) is 83.6 cm³/mol. The van der Waals surface area contributed by atoms with Crippen LogP contribution in [-0.2, 0) is 11.3 Å². The SMILES string of the molecule is COC(=O)c1ccc(CNc2ccc(Cl)cc2I)[nH]1. The zero-order chi connectivity index (χ0) is 13.8. The largest absolute Gasteiger partial charge is 0.464 e. The fourth-order valence-corrected chi connectivity index (χ4v) is 2.66. The van der Waals surface area contributed by atoms with E-state index in [1.807, 2.05) is 24.3 Å². The molecule has 0 unspecified atom stereocenters. The Morgan fingerprint density at radius 3 is 2.89 bits per heavy atom. The van der Waals surface area contributed by atoms with Crippen LogP contribution in [-0.4, -0.2) is 18.1 Å². The summed E-state index contributed by atoms with van der Waals surface area (Å²) in [6.07, 6.45) is 0. The van der Waals surface area contributed by atoms with Gasteiger partial charge in [0.05, 0.1) is 13.7 Å². The van der Waals surface area contributed by atoms with Gasteiger partial charge in [0.15, 0.2) is 0 Å². The van der Waals surface area contributed by atoms with Crippen LogP contribution < -0.4 is 5.32 Å². The van der Waals surface area contributed by atoms with Crippen molar-refractivity contribution in [3.05, 3.63) is 50.3 Å². The lowest BCUT2D eigenvalue weighted by atomic mass is 10.3. The van der Waals surface area contributed by atoms with Crippen molar-refractivity contribution in [1.82, 2.24) is 4.98 Å². The number of halogens is 2. The number of carbonyl (C=O) groups is 1. The zero-order valence-electron chi connectivity index (χ0n) is 10.2. The Kier molecular flexibility index (Phi) is 4.71. The summed E-state index contributed by atoms with van der Waals surface area (Å²) in [7, 11) is 1.36. The number of hydrogen-bond donors (Lipinski definition) is 2. The third-order valence-corrected chi connectivity index (χ3v) is 3.68. The molecular formula is C13H12ClIN2O2. The van der Waals surface area contributed by atoms with Crippen molar-refractivity contribution in [1.29, 1.82) is 0 Å². The molecule has 1 aromatic carbocycles. The summed E-state index contributed by atoms with van der Waals surface area (Å²) in [6.45, 7) is 0.592. The molecule has 1 heterocycles. The van der Waals surface area contributed by atoms with Gasteiger partial charge in [-0.3, -0.25) is 0 Å². The summed E-state index contributed by atoms with van der Waals surface area (Å²) in [5, 5.41) is 3.99. The van der Waals surface area contributed by atoms with Crippen LogP contribution in [0.5, 0.6) is 0 Å². The molecule has 1 aromatic heterocycles. The van der Waals surface area contributed by atoms with Crippen molar-refractivity contribution in [2.45, 2.75) is 6.54 Å². The molecule has 0 aliphatic heterocycles. The van der Waals surface area contributed by atoms with Crippen molar-refractivity contribution in [3.8, 4) is 0 Å². The maximum absolute atomic E-state index is 11.3. The van der Waals surface area contributed by atoms with Gasteiger partial charge in [-0.15, -0.1) is 0 Å². The summed E-state index contributed by atoms with van der Waals surface area (Å²) in [5.74, 6) is -0.368. The Bertz CT molecular complexity index is 598. The summed E-state index contributed by atoms with van der Waals surface area (Å²) in [5.41, 5.74) is 2.36. The quantitative estimate of drug-likeness (QED) is 0.619. The molecule has 0 atom stereocenters. The summed E-state index contributed by atoms with van der Waals surface area (Å²) in [4.78, 5) is 14.3. The van der Waals surface area contributed by atoms with E-state index in [9.17, 15) is 4.79 Å². The number of aromatic nitrogens is 1. The summed E-state index contributed by atoms with van der Waals surface area (Å²) >= 11 is 8.12. The highest BCUT2D eigenvalue weighted by molar-refractivity contribution is 14.1. The van der Waals surface area contributed by atoms with Gasteiger partial charge >= 0.3 is 5.97 Å². The summed E-state index contributed by atoms with van der Waals surface area (Å²) < 4.78 is 5.68. The molecule has 2 rings (SSSR count). The van der Waals surface area contributed by atoms with Gasteiger partial charge in [-0.2, -0.15) is 0 Å². The fraction of sp³-hybridized carbons (Fsp3) is 0.154. The average molecular weight is 391 g/mol. The molecule has 0 aliphatic carbocycles. The monoisotopic (exact) mass is 390 g/mol. The van der Waals surface area contributed by atoms with E-state index in [0.29, 0.717) is 17.3 Å².